The Balaban J connectivity index is 2.93. The van der Waals surface area contributed by atoms with Gasteiger partial charge in [0.2, 0.25) is 15.9 Å². The number of sulfonamides is 1. The van der Waals surface area contributed by atoms with Crippen molar-refractivity contribution in [2.75, 3.05) is 18.9 Å². The van der Waals surface area contributed by atoms with E-state index in [1.165, 1.54) is 45.2 Å². The van der Waals surface area contributed by atoms with Gasteiger partial charge >= 0.3 is 0 Å². The zero-order chi connectivity index (χ0) is 14.6. The molecule has 0 heterocycles. The summed E-state index contributed by atoms with van der Waals surface area (Å²) in [7, 11) is -2.21. The van der Waals surface area contributed by atoms with Gasteiger partial charge in [0.1, 0.15) is 0 Å². The van der Waals surface area contributed by atoms with Gasteiger partial charge in [-0.25, -0.2) is 8.42 Å². The first-order chi connectivity index (χ1) is 8.73. The van der Waals surface area contributed by atoms with Crippen LogP contribution in [0, 0.1) is 0 Å². The summed E-state index contributed by atoms with van der Waals surface area (Å²) in [4.78, 5) is 11.0. The number of aliphatic hydroxyl groups excluding tert-OH is 1. The van der Waals surface area contributed by atoms with Crippen LogP contribution in [0.5, 0.6) is 0 Å². The SMILES string of the molecule is CC(=O)Nc1ccc(S(=O)(=O)N(C)CC(C)O)cc1. The Morgan fingerprint density at radius 1 is 1.37 bits per heavy atom. The molecular weight excluding hydrogens is 268 g/mol. The van der Waals surface area contributed by atoms with E-state index >= 15 is 0 Å². The smallest absolute Gasteiger partial charge is 0.242 e. The van der Waals surface area contributed by atoms with Crippen molar-refractivity contribution in [3.8, 4) is 0 Å². The summed E-state index contributed by atoms with van der Waals surface area (Å²) in [6.45, 7) is 2.92. The van der Waals surface area contributed by atoms with Crippen molar-refractivity contribution in [2.45, 2.75) is 24.8 Å². The molecule has 0 bridgehead atoms. The average Bonchev–Trinajstić information content (AvgIpc) is 2.27. The van der Waals surface area contributed by atoms with Crippen LogP contribution < -0.4 is 5.32 Å². The highest BCUT2D eigenvalue weighted by Crippen LogP contribution is 2.17. The summed E-state index contributed by atoms with van der Waals surface area (Å²) in [5.41, 5.74) is 0.532. The molecule has 0 saturated carbocycles. The largest absolute Gasteiger partial charge is 0.392 e. The van der Waals surface area contributed by atoms with Crippen molar-refractivity contribution in [1.82, 2.24) is 4.31 Å². The molecule has 0 spiro atoms. The molecule has 0 aliphatic heterocycles. The molecular formula is C12H18N2O4S. The zero-order valence-electron chi connectivity index (χ0n) is 11.1. The zero-order valence-corrected chi connectivity index (χ0v) is 11.9. The van der Waals surface area contributed by atoms with Crippen LogP contribution in [0.1, 0.15) is 13.8 Å². The van der Waals surface area contributed by atoms with Gasteiger partial charge in [0, 0.05) is 26.2 Å². The number of carbonyl (C=O) groups is 1. The lowest BCUT2D eigenvalue weighted by atomic mass is 10.3. The fraction of sp³-hybridized carbons (Fsp3) is 0.417. The molecule has 7 heteroatoms. The van der Waals surface area contributed by atoms with Crippen LogP contribution in [-0.4, -0.2) is 43.4 Å². The maximum Gasteiger partial charge on any atom is 0.242 e. The molecule has 1 unspecified atom stereocenters. The molecule has 6 nitrogen and oxygen atoms in total. The average molecular weight is 286 g/mol. The Morgan fingerprint density at radius 2 is 1.89 bits per heavy atom. The van der Waals surface area contributed by atoms with Crippen LogP contribution in [0.3, 0.4) is 0 Å². The fourth-order valence-corrected chi connectivity index (χ4v) is 2.82. The van der Waals surface area contributed by atoms with Gasteiger partial charge in [-0.2, -0.15) is 4.31 Å². The minimum Gasteiger partial charge on any atom is -0.392 e. The Bertz CT molecular complexity index is 537. The first kappa shape index (κ1) is 15.6. The van der Waals surface area contributed by atoms with E-state index in [-0.39, 0.29) is 17.3 Å². The normalized spacial score (nSPS) is 13.3. The van der Waals surface area contributed by atoms with Crippen LogP contribution in [0.2, 0.25) is 0 Å². The Hall–Kier alpha value is -1.44. The van der Waals surface area contributed by atoms with E-state index in [0.29, 0.717) is 5.69 Å². The van der Waals surface area contributed by atoms with E-state index in [1.807, 2.05) is 0 Å². The number of hydrogen-bond donors (Lipinski definition) is 2. The van der Waals surface area contributed by atoms with E-state index in [0.717, 1.165) is 4.31 Å². The maximum absolute atomic E-state index is 12.1. The summed E-state index contributed by atoms with van der Waals surface area (Å²) in [6, 6.07) is 5.87. The summed E-state index contributed by atoms with van der Waals surface area (Å²) in [5, 5.41) is 11.8. The number of nitrogens with one attached hydrogen (secondary N) is 1. The third-order valence-corrected chi connectivity index (χ3v) is 4.24. The lowest BCUT2D eigenvalue weighted by molar-refractivity contribution is -0.114. The van der Waals surface area contributed by atoms with Crippen molar-refractivity contribution in [3.05, 3.63) is 24.3 Å². The first-order valence-electron chi connectivity index (χ1n) is 5.75. The van der Waals surface area contributed by atoms with Gasteiger partial charge in [0.15, 0.2) is 0 Å². The molecule has 1 rings (SSSR count). The van der Waals surface area contributed by atoms with Crippen LogP contribution >= 0.6 is 0 Å². The van der Waals surface area contributed by atoms with Gasteiger partial charge in [0.05, 0.1) is 11.0 Å². The van der Waals surface area contributed by atoms with Crippen molar-refractivity contribution in [3.63, 3.8) is 0 Å². The second kappa shape index (κ2) is 6.14. The van der Waals surface area contributed by atoms with Crippen molar-refractivity contribution < 1.29 is 18.3 Å². The third kappa shape index (κ3) is 4.30. The number of benzene rings is 1. The van der Waals surface area contributed by atoms with Crippen LogP contribution in [0.15, 0.2) is 29.2 Å². The van der Waals surface area contributed by atoms with Gasteiger partial charge in [0.25, 0.3) is 0 Å². The predicted molar refractivity (Wildman–Crippen MR) is 72.2 cm³/mol. The number of aliphatic hydroxyl groups is 1. The number of likely N-dealkylation sites (N-methyl/N-ethyl adjacent to an activating group) is 1. The second-order valence-corrected chi connectivity index (χ2v) is 6.39. The van der Waals surface area contributed by atoms with E-state index in [4.69, 9.17) is 0 Å². The molecule has 106 valence electrons. The van der Waals surface area contributed by atoms with E-state index in [2.05, 4.69) is 5.32 Å². The van der Waals surface area contributed by atoms with Gasteiger partial charge in [-0.15, -0.1) is 0 Å². The molecule has 2 N–H and O–H groups in total. The molecule has 0 aromatic heterocycles. The number of carbonyl (C=O) groups excluding carboxylic acids is 1. The summed E-state index contributed by atoms with van der Waals surface area (Å²) in [5.74, 6) is -0.221. The molecule has 1 amide bonds. The Labute approximate surface area is 113 Å². The van der Waals surface area contributed by atoms with Crippen molar-refractivity contribution >= 4 is 21.6 Å². The summed E-state index contributed by atoms with van der Waals surface area (Å²) < 4.78 is 25.3. The number of nitrogens with zero attached hydrogens (tertiary/aromatic N) is 1. The number of amides is 1. The van der Waals surface area contributed by atoms with E-state index < -0.39 is 16.1 Å². The molecule has 1 aromatic carbocycles. The predicted octanol–water partition coefficient (Wildman–Crippen LogP) is 0.646. The van der Waals surface area contributed by atoms with E-state index in [9.17, 15) is 18.3 Å². The lowest BCUT2D eigenvalue weighted by Gasteiger charge is -2.18. The number of anilines is 1. The standard InChI is InChI=1S/C12H18N2O4S/c1-9(15)8-14(3)19(17,18)12-6-4-11(5-7-12)13-10(2)16/h4-7,9,15H,8H2,1-3H3,(H,13,16). The van der Waals surface area contributed by atoms with E-state index in [1.54, 1.807) is 0 Å². The third-order valence-electron chi connectivity index (χ3n) is 2.40. The lowest BCUT2D eigenvalue weighted by Crippen LogP contribution is -2.33. The highest BCUT2D eigenvalue weighted by Gasteiger charge is 2.21. The highest BCUT2D eigenvalue weighted by molar-refractivity contribution is 7.89. The maximum atomic E-state index is 12.1. The minimum absolute atomic E-state index is 0.0236. The van der Waals surface area contributed by atoms with Crippen LogP contribution in [-0.2, 0) is 14.8 Å². The monoisotopic (exact) mass is 286 g/mol. The summed E-state index contributed by atoms with van der Waals surface area (Å²) >= 11 is 0. The summed E-state index contributed by atoms with van der Waals surface area (Å²) in [6.07, 6.45) is -0.738. The molecule has 0 aliphatic rings. The molecule has 0 saturated heterocycles. The first-order valence-corrected chi connectivity index (χ1v) is 7.19. The van der Waals surface area contributed by atoms with Crippen LogP contribution in [0.4, 0.5) is 5.69 Å². The van der Waals surface area contributed by atoms with Crippen molar-refractivity contribution in [2.24, 2.45) is 0 Å². The Morgan fingerprint density at radius 3 is 2.32 bits per heavy atom. The van der Waals surface area contributed by atoms with Gasteiger partial charge in [-0.3, -0.25) is 4.79 Å². The fourth-order valence-electron chi connectivity index (χ4n) is 1.56. The molecule has 19 heavy (non-hydrogen) atoms. The van der Waals surface area contributed by atoms with Crippen LogP contribution in [0.25, 0.3) is 0 Å². The minimum atomic E-state index is -3.62. The Kier molecular flexibility index (Phi) is 5.04. The molecule has 0 aliphatic carbocycles. The number of hydrogen-bond acceptors (Lipinski definition) is 4. The van der Waals surface area contributed by atoms with Gasteiger partial charge in [-0.05, 0) is 31.2 Å². The molecule has 1 atom stereocenters. The van der Waals surface area contributed by atoms with Gasteiger partial charge in [-0.1, -0.05) is 0 Å². The molecule has 0 radical (unpaired) electrons. The second-order valence-electron chi connectivity index (χ2n) is 4.34. The van der Waals surface area contributed by atoms with Gasteiger partial charge < -0.3 is 10.4 Å². The number of rotatable bonds is 5. The topological polar surface area (TPSA) is 86.7 Å². The molecule has 1 aromatic rings. The molecule has 0 fully saturated rings. The highest BCUT2D eigenvalue weighted by atomic mass is 32.2. The van der Waals surface area contributed by atoms with Crippen molar-refractivity contribution in [1.29, 1.82) is 0 Å². The quantitative estimate of drug-likeness (QED) is 0.832.